The van der Waals surface area contributed by atoms with Crippen molar-refractivity contribution in [3.8, 4) is 5.75 Å². The van der Waals surface area contributed by atoms with Crippen molar-refractivity contribution in [2.75, 3.05) is 13.1 Å². The van der Waals surface area contributed by atoms with Gasteiger partial charge in [-0.3, -0.25) is 0 Å². The molecule has 1 aliphatic heterocycles. The van der Waals surface area contributed by atoms with E-state index in [1.54, 1.807) is 30.3 Å². The van der Waals surface area contributed by atoms with Crippen molar-refractivity contribution in [2.45, 2.75) is 37.9 Å². The molecular formula is C20H23NO5S. The minimum absolute atomic E-state index is 0.0718. The van der Waals surface area contributed by atoms with Gasteiger partial charge in [0.25, 0.3) is 0 Å². The molecule has 144 valence electrons. The van der Waals surface area contributed by atoms with Gasteiger partial charge in [-0.05, 0) is 56.7 Å². The van der Waals surface area contributed by atoms with Gasteiger partial charge in [-0.2, -0.15) is 4.31 Å². The minimum Gasteiger partial charge on any atom is -0.423 e. The summed E-state index contributed by atoms with van der Waals surface area (Å²) in [5.74, 6) is -0.176. The smallest absolute Gasteiger partial charge is 0.343 e. The number of aryl methyl sites for hydroxylation is 1. The standard InChI is InChI=1S/C20H23NO5S/c1-14-6-4-8-18(10-14)26-20(22)17-7-5-9-19(11-17)27(23,24)21-12-15(2)25-16(3)13-21/h4-11,15-16H,12-13H2,1-3H3/t15-,16-/m0/s1. The summed E-state index contributed by atoms with van der Waals surface area (Å²) >= 11 is 0. The quantitative estimate of drug-likeness (QED) is 0.594. The summed E-state index contributed by atoms with van der Waals surface area (Å²) in [6.45, 7) is 6.14. The van der Waals surface area contributed by atoms with Gasteiger partial charge in [-0.1, -0.05) is 18.2 Å². The molecule has 0 aliphatic carbocycles. The van der Waals surface area contributed by atoms with E-state index in [1.807, 2.05) is 26.8 Å². The van der Waals surface area contributed by atoms with Crippen molar-refractivity contribution < 1.29 is 22.7 Å². The molecule has 0 unspecified atom stereocenters. The number of ether oxygens (including phenoxy) is 2. The third-order valence-electron chi connectivity index (χ3n) is 4.29. The lowest BCUT2D eigenvalue weighted by Gasteiger charge is -2.34. The Hall–Kier alpha value is -2.22. The number of sulfonamides is 1. The van der Waals surface area contributed by atoms with Crippen molar-refractivity contribution >= 4 is 16.0 Å². The number of hydrogen-bond donors (Lipinski definition) is 0. The third kappa shape index (κ3) is 4.55. The molecule has 2 atom stereocenters. The molecule has 27 heavy (non-hydrogen) atoms. The zero-order valence-electron chi connectivity index (χ0n) is 15.6. The van der Waals surface area contributed by atoms with Crippen LogP contribution in [0.2, 0.25) is 0 Å². The maximum absolute atomic E-state index is 13.0. The monoisotopic (exact) mass is 389 g/mol. The van der Waals surface area contributed by atoms with Crippen LogP contribution in [-0.4, -0.2) is 44.0 Å². The zero-order valence-corrected chi connectivity index (χ0v) is 16.4. The molecule has 0 aromatic heterocycles. The predicted octanol–water partition coefficient (Wildman–Crippen LogP) is 3.01. The molecule has 3 rings (SSSR count). The van der Waals surface area contributed by atoms with Gasteiger partial charge in [0, 0.05) is 13.1 Å². The van der Waals surface area contributed by atoms with Gasteiger partial charge >= 0.3 is 5.97 Å². The molecular weight excluding hydrogens is 366 g/mol. The van der Waals surface area contributed by atoms with Gasteiger partial charge in [0.2, 0.25) is 10.0 Å². The third-order valence-corrected chi connectivity index (χ3v) is 6.12. The summed E-state index contributed by atoms with van der Waals surface area (Å²) in [4.78, 5) is 12.5. The minimum atomic E-state index is -3.72. The number of carbonyl (C=O) groups is 1. The van der Waals surface area contributed by atoms with Crippen molar-refractivity contribution in [1.29, 1.82) is 0 Å². The molecule has 0 saturated carbocycles. The van der Waals surface area contributed by atoms with Crippen LogP contribution in [0, 0.1) is 6.92 Å². The summed E-state index contributed by atoms with van der Waals surface area (Å²) in [6, 6.07) is 13.1. The molecule has 0 radical (unpaired) electrons. The van der Waals surface area contributed by atoms with Crippen LogP contribution in [0.15, 0.2) is 53.4 Å². The average Bonchev–Trinajstić information content (AvgIpc) is 2.61. The number of morpholine rings is 1. The molecule has 1 aliphatic rings. The van der Waals surface area contributed by atoms with E-state index in [9.17, 15) is 13.2 Å². The Morgan fingerprint density at radius 3 is 2.41 bits per heavy atom. The van der Waals surface area contributed by atoms with Gasteiger partial charge < -0.3 is 9.47 Å². The van der Waals surface area contributed by atoms with E-state index in [-0.39, 0.29) is 35.8 Å². The van der Waals surface area contributed by atoms with E-state index in [1.165, 1.54) is 16.4 Å². The Balaban J connectivity index is 1.83. The van der Waals surface area contributed by atoms with Gasteiger partial charge in [0.05, 0.1) is 22.7 Å². The Morgan fingerprint density at radius 2 is 1.74 bits per heavy atom. The lowest BCUT2D eigenvalue weighted by atomic mass is 10.2. The molecule has 0 bridgehead atoms. The van der Waals surface area contributed by atoms with E-state index < -0.39 is 16.0 Å². The molecule has 7 heteroatoms. The lowest BCUT2D eigenvalue weighted by Crippen LogP contribution is -2.48. The normalized spacial score (nSPS) is 21.0. The van der Waals surface area contributed by atoms with Crippen LogP contribution in [0.5, 0.6) is 5.75 Å². The first-order chi connectivity index (χ1) is 12.8. The number of nitrogens with zero attached hydrogens (tertiary/aromatic N) is 1. The van der Waals surface area contributed by atoms with Crippen LogP contribution < -0.4 is 4.74 Å². The highest BCUT2D eigenvalue weighted by Crippen LogP contribution is 2.22. The SMILES string of the molecule is Cc1cccc(OC(=O)c2cccc(S(=O)(=O)N3C[C@H](C)O[C@@H](C)C3)c2)c1. The fraction of sp³-hybridized carbons (Fsp3) is 0.350. The molecule has 2 aromatic rings. The van der Waals surface area contributed by atoms with E-state index >= 15 is 0 Å². The van der Waals surface area contributed by atoms with Gasteiger partial charge in [-0.15, -0.1) is 0 Å². The highest BCUT2D eigenvalue weighted by molar-refractivity contribution is 7.89. The second-order valence-corrected chi connectivity index (χ2v) is 8.75. The largest absolute Gasteiger partial charge is 0.423 e. The maximum Gasteiger partial charge on any atom is 0.343 e. The number of esters is 1. The molecule has 0 N–H and O–H groups in total. The lowest BCUT2D eigenvalue weighted by molar-refractivity contribution is -0.0440. The van der Waals surface area contributed by atoms with E-state index in [4.69, 9.17) is 9.47 Å². The molecule has 1 saturated heterocycles. The average molecular weight is 389 g/mol. The summed E-state index contributed by atoms with van der Waals surface area (Å²) in [5, 5.41) is 0. The Bertz CT molecular complexity index is 931. The van der Waals surface area contributed by atoms with Crippen molar-refractivity contribution in [3.05, 3.63) is 59.7 Å². The highest BCUT2D eigenvalue weighted by Gasteiger charge is 2.32. The highest BCUT2D eigenvalue weighted by atomic mass is 32.2. The van der Waals surface area contributed by atoms with Crippen LogP contribution in [-0.2, 0) is 14.8 Å². The number of hydrogen-bond acceptors (Lipinski definition) is 5. The maximum atomic E-state index is 13.0. The number of carbonyl (C=O) groups excluding carboxylic acids is 1. The van der Waals surface area contributed by atoms with Crippen LogP contribution in [0.1, 0.15) is 29.8 Å². The van der Waals surface area contributed by atoms with Crippen molar-refractivity contribution in [3.63, 3.8) is 0 Å². The first kappa shape index (κ1) is 19.5. The van der Waals surface area contributed by atoms with Crippen LogP contribution >= 0.6 is 0 Å². The van der Waals surface area contributed by atoms with Crippen molar-refractivity contribution in [2.24, 2.45) is 0 Å². The van der Waals surface area contributed by atoms with Crippen LogP contribution in [0.4, 0.5) is 0 Å². The molecule has 6 nitrogen and oxygen atoms in total. The number of rotatable bonds is 4. The molecule has 0 spiro atoms. The Labute approximate surface area is 159 Å². The topological polar surface area (TPSA) is 72.9 Å². The summed E-state index contributed by atoms with van der Waals surface area (Å²) in [6.07, 6.45) is -0.365. The second-order valence-electron chi connectivity index (χ2n) is 6.81. The van der Waals surface area contributed by atoms with Gasteiger partial charge in [0.15, 0.2) is 0 Å². The van der Waals surface area contributed by atoms with Gasteiger partial charge in [0.1, 0.15) is 5.75 Å². The first-order valence-electron chi connectivity index (χ1n) is 8.80. The van der Waals surface area contributed by atoms with Crippen molar-refractivity contribution in [1.82, 2.24) is 4.31 Å². The Morgan fingerprint density at radius 1 is 1.07 bits per heavy atom. The second kappa shape index (κ2) is 7.80. The van der Waals surface area contributed by atoms with Gasteiger partial charge in [-0.25, -0.2) is 13.2 Å². The van der Waals surface area contributed by atoms with Crippen LogP contribution in [0.25, 0.3) is 0 Å². The van der Waals surface area contributed by atoms with E-state index in [0.29, 0.717) is 5.75 Å². The summed E-state index contributed by atoms with van der Waals surface area (Å²) in [7, 11) is -3.72. The predicted molar refractivity (Wildman–Crippen MR) is 101 cm³/mol. The Kier molecular flexibility index (Phi) is 5.64. The van der Waals surface area contributed by atoms with E-state index in [0.717, 1.165) is 5.56 Å². The fourth-order valence-corrected chi connectivity index (χ4v) is 4.74. The number of benzene rings is 2. The molecule has 1 fully saturated rings. The van der Waals surface area contributed by atoms with Crippen LogP contribution in [0.3, 0.4) is 0 Å². The first-order valence-corrected chi connectivity index (χ1v) is 10.2. The summed E-state index contributed by atoms with van der Waals surface area (Å²) in [5.41, 5.74) is 1.15. The molecule has 0 amide bonds. The fourth-order valence-electron chi connectivity index (χ4n) is 3.10. The molecule has 1 heterocycles. The zero-order chi connectivity index (χ0) is 19.6. The molecule has 2 aromatic carbocycles. The van der Waals surface area contributed by atoms with E-state index in [2.05, 4.69) is 0 Å². The summed E-state index contributed by atoms with van der Waals surface area (Å²) < 4.78 is 38.3.